The van der Waals surface area contributed by atoms with Gasteiger partial charge in [0.1, 0.15) is 11.5 Å². The van der Waals surface area contributed by atoms with Crippen LogP contribution in [0.4, 0.5) is 0 Å². The van der Waals surface area contributed by atoms with E-state index < -0.39 is 0 Å². The number of nitrogens with one attached hydrogen (secondary N) is 1. The van der Waals surface area contributed by atoms with Crippen molar-refractivity contribution in [2.45, 2.75) is 39.3 Å². The van der Waals surface area contributed by atoms with E-state index in [0.29, 0.717) is 6.04 Å². The normalized spacial score (nSPS) is 12.7. The van der Waals surface area contributed by atoms with E-state index in [1.807, 2.05) is 18.2 Å². The standard InChI is InChI=1S/C12H19NO/c1-4-6-10(3)13-9-12-8-7-11(5-2)14-12/h4,7-8,10,13H,1,5-6,9H2,2-3H3. The van der Waals surface area contributed by atoms with Crippen molar-refractivity contribution in [1.82, 2.24) is 5.32 Å². The summed E-state index contributed by atoms with van der Waals surface area (Å²) in [4.78, 5) is 0. The van der Waals surface area contributed by atoms with Gasteiger partial charge in [-0.3, -0.25) is 0 Å². The first-order valence-corrected chi connectivity index (χ1v) is 5.18. The summed E-state index contributed by atoms with van der Waals surface area (Å²) in [6.07, 6.45) is 3.88. The zero-order valence-electron chi connectivity index (χ0n) is 9.05. The molecular formula is C12H19NO. The fourth-order valence-corrected chi connectivity index (χ4v) is 1.32. The predicted octanol–water partition coefficient (Wildman–Crippen LogP) is 2.90. The van der Waals surface area contributed by atoms with E-state index in [9.17, 15) is 0 Å². The average molecular weight is 193 g/mol. The van der Waals surface area contributed by atoms with Crippen LogP contribution in [0.1, 0.15) is 31.8 Å². The molecule has 0 fully saturated rings. The number of furan rings is 1. The fraction of sp³-hybridized carbons (Fsp3) is 0.500. The lowest BCUT2D eigenvalue weighted by molar-refractivity contribution is 0.432. The molecule has 14 heavy (non-hydrogen) atoms. The van der Waals surface area contributed by atoms with Crippen molar-refractivity contribution in [2.24, 2.45) is 0 Å². The maximum absolute atomic E-state index is 5.57. The van der Waals surface area contributed by atoms with Crippen molar-refractivity contribution >= 4 is 0 Å². The highest BCUT2D eigenvalue weighted by Crippen LogP contribution is 2.08. The second-order valence-corrected chi connectivity index (χ2v) is 3.53. The number of hydrogen-bond acceptors (Lipinski definition) is 2. The molecule has 0 aliphatic rings. The van der Waals surface area contributed by atoms with Crippen molar-refractivity contribution < 1.29 is 4.42 Å². The Balaban J connectivity index is 2.33. The Bertz CT molecular complexity index is 278. The van der Waals surface area contributed by atoms with E-state index in [0.717, 1.165) is 30.9 Å². The van der Waals surface area contributed by atoms with Crippen molar-refractivity contribution in [2.75, 3.05) is 0 Å². The molecule has 78 valence electrons. The van der Waals surface area contributed by atoms with Crippen molar-refractivity contribution in [3.63, 3.8) is 0 Å². The summed E-state index contributed by atoms with van der Waals surface area (Å²) in [6.45, 7) is 8.75. The lowest BCUT2D eigenvalue weighted by atomic mass is 10.2. The molecule has 0 radical (unpaired) electrons. The summed E-state index contributed by atoms with van der Waals surface area (Å²) in [5.41, 5.74) is 0. The molecule has 1 N–H and O–H groups in total. The second kappa shape index (κ2) is 5.66. The molecule has 0 saturated heterocycles. The maximum Gasteiger partial charge on any atom is 0.117 e. The van der Waals surface area contributed by atoms with Gasteiger partial charge in [-0.2, -0.15) is 0 Å². The Morgan fingerprint density at radius 2 is 2.21 bits per heavy atom. The summed E-state index contributed by atoms with van der Waals surface area (Å²) < 4.78 is 5.57. The second-order valence-electron chi connectivity index (χ2n) is 3.53. The lowest BCUT2D eigenvalue weighted by Gasteiger charge is -2.09. The van der Waals surface area contributed by atoms with Crippen molar-refractivity contribution in [3.05, 3.63) is 36.3 Å². The minimum atomic E-state index is 0.461. The molecule has 0 bridgehead atoms. The molecular weight excluding hydrogens is 174 g/mol. The topological polar surface area (TPSA) is 25.2 Å². The largest absolute Gasteiger partial charge is 0.465 e. The van der Waals surface area contributed by atoms with Crippen molar-refractivity contribution in [3.8, 4) is 0 Å². The minimum absolute atomic E-state index is 0.461. The van der Waals surface area contributed by atoms with E-state index in [-0.39, 0.29) is 0 Å². The molecule has 1 rings (SSSR count). The highest BCUT2D eigenvalue weighted by Gasteiger charge is 2.02. The average Bonchev–Trinajstić information content (AvgIpc) is 2.63. The van der Waals surface area contributed by atoms with Gasteiger partial charge in [0.15, 0.2) is 0 Å². The lowest BCUT2D eigenvalue weighted by Crippen LogP contribution is -2.24. The van der Waals surface area contributed by atoms with E-state index in [1.54, 1.807) is 0 Å². The highest BCUT2D eigenvalue weighted by molar-refractivity contribution is 5.06. The van der Waals surface area contributed by atoms with Gasteiger partial charge in [-0.15, -0.1) is 6.58 Å². The Kier molecular flexibility index (Phi) is 4.47. The molecule has 1 atom stereocenters. The molecule has 0 aliphatic heterocycles. The fourth-order valence-electron chi connectivity index (χ4n) is 1.32. The van der Waals surface area contributed by atoms with Crippen LogP contribution in [-0.2, 0) is 13.0 Å². The molecule has 0 aromatic carbocycles. The van der Waals surface area contributed by atoms with Gasteiger partial charge in [0.2, 0.25) is 0 Å². The first-order chi connectivity index (χ1) is 6.76. The molecule has 2 heteroatoms. The Morgan fingerprint density at radius 3 is 2.79 bits per heavy atom. The summed E-state index contributed by atoms with van der Waals surface area (Å²) in [7, 11) is 0. The van der Waals surface area contributed by atoms with E-state index >= 15 is 0 Å². The Hall–Kier alpha value is -1.02. The summed E-state index contributed by atoms with van der Waals surface area (Å²) >= 11 is 0. The molecule has 0 amide bonds. The van der Waals surface area contributed by atoms with Crippen LogP contribution in [0.3, 0.4) is 0 Å². The Morgan fingerprint density at radius 1 is 1.50 bits per heavy atom. The summed E-state index contributed by atoms with van der Waals surface area (Å²) in [5, 5.41) is 3.37. The van der Waals surface area contributed by atoms with Gasteiger partial charge in [0, 0.05) is 12.5 Å². The molecule has 2 nitrogen and oxygen atoms in total. The van der Waals surface area contributed by atoms with E-state index in [2.05, 4.69) is 25.7 Å². The SMILES string of the molecule is C=CCC(C)NCc1ccc(CC)o1. The number of aryl methyl sites for hydroxylation is 1. The molecule has 0 aliphatic carbocycles. The third-order valence-electron chi connectivity index (χ3n) is 2.21. The van der Waals surface area contributed by atoms with Crippen LogP contribution in [0.2, 0.25) is 0 Å². The monoisotopic (exact) mass is 193 g/mol. The first kappa shape index (κ1) is 11.1. The number of hydrogen-bond donors (Lipinski definition) is 1. The van der Waals surface area contributed by atoms with Crippen LogP contribution < -0.4 is 5.32 Å². The van der Waals surface area contributed by atoms with Crippen LogP contribution in [-0.4, -0.2) is 6.04 Å². The zero-order valence-corrected chi connectivity index (χ0v) is 9.05. The van der Waals surface area contributed by atoms with Crippen LogP contribution in [0.25, 0.3) is 0 Å². The molecule has 0 saturated carbocycles. The third kappa shape index (κ3) is 3.38. The van der Waals surface area contributed by atoms with Gasteiger partial charge >= 0.3 is 0 Å². The Labute approximate surface area is 86.0 Å². The molecule has 1 aromatic heterocycles. The quantitative estimate of drug-likeness (QED) is 0.703. The van der Waals surface area contributed by atoms with Gasteiger partial charge in [-0.05, 0) is 25.5 Å². The van der Waals surface area contributed by atoms with Crippen LogP contribution in [0, 0.1) is 0 Å². The highest BCUT2D eigenvalue weighted by atomic mass is 16.3. The van der Waals surface area contributed by atoms with Gasteiger partial charge in [-0.25, -0.2) is 0 Å². The van der Waals surface area contributed by atoms with Gasteiger partial charge in [0.05, 0.1) is 6.54 Å². The number of rotatable bonds is 6. The molecule has 1 unspecified atom stereocenters. The van der Waals surface area contributed by atoms with Crippen LogP contribution in [0.5, 0.6) is 0 Å². The van der Waals surface area contributed by atoms with Crippen LogP contribution >= 0.6 is 0 Å². The van der Waals surface area contributed by atoms with E-state index in [1.165, 1.54) is 0 Å². The van der Waals surface area contributed by atoms with Gasteiger partial charge in [0.25, 0.3) is 0 Å². The van der Waals surface area contributed by atoms with E-state index in [4.69, 9.17) is 4.42 Å². The minimum Gasteiger partial charge on any atom is -0.465 e. The van der Waals surface area contributed by atoms with Gasteiger partial charge < -0.3 is 9.73 Å². The summed E-state index contributed by atoms with van der Waals surface area (Å²) in [6, 6.07) is 4.53. The van der Waals surface area contributed by atoms with Crippen molar-refractivity contribution in [1.29, 1.82) is 0 Å². The zero-order chi connectivity index (χ0) is 10.4. The molecule has 1 heterocycles. The predicted molar refractivity (Wildman–Crippen MR) is 59.2 cm³/mol. The molecule has 0 spiro atoms. The smallest absolute Gasteiger partial charge is 0.117 e. The van der Waals surface area contributed by atoms with Crippen LogP contribution in [0.15, 0.2) is 29.2 Å². The third-order valence-corrected chi connectivity index (χ3v) is 2.21. The molecule has 1 aromatic rings. The maximum atomic E-state index is 5.57. The van der Waals surface area contributed by atoms with Gasteiger partial charge in [-0.1, -0.05) is 13.0 Å². The first-order valence-electron chi connectivity index (χ1n) is 5.18. The summed E-state index contributed by atoms with van der Waals surface area (Å²) in [5.74, 6) is 2.07.